The molecule has 0 aliphatic heterocycles. The van der Waals surface area contributed by atoms with Crippen LogP contribution in [0.5, 0.6) is 0 Å². The first-order valence-electron chi connectivity index (χ1n) is 11.4. The third-order valence-corrected chi connectivity index (χ3v) is 5.44. The number of carbonyl (C=O) groups excluding carboxylic acids is 8. The van der Waals surface area contributed by atoms with Crippen molar-refractivity contribution >= 4 is 47.8 Å². The van der Waals surface area contributed by atoms with Gasteiger partial charge in [0.2, 0.25) is 0 Å². The standard InChI is InChI=1S/2C12H18O8/c2*1-17-9(13)5-7(11(15)19-3)8(12(16)20-4)6-10(14)18-2/h2*7-8H,5-6H2,1-4H3. The van der Waals surface area contributed by atoms with Crippen molar-refractivity contribution in [1.82, 2.24) is 0 Å². The van der Waals surface area contributed by atoms with Gasteiger partial charge in [-0.05, 0) is 0 Å². The number of esters is 8. The van der Waals surface area contributed by atoms with E-state index in [0.717, 1.165) is 56.9 Å². The fourth-order valence-corrected chi connectivity index (χ4v) is 3.22. The Hall–Kier alpha value is -4.24. The SMILES string of the molecule is COC(=O)CC(C(=O)OC)C(CC(=O)OC)C(=O)OC.COC(=O)CC(C(=O)OC)C(CC(=O)OC)C(=O)OC. The lowest BCUT2D eigenvalue weighted by molar-refractivity contribution is -0.164. The second kappa shape index (κ2) is 20.7. The van der Waals surface area contributed by atoms with Crippen molar-refractivity contribution < 1.29 is 76.3 Å². The van der Waals surface area contributed by atoms with E-state index in [1.165, 1.54) is 0 Å². The maximum absolute atomic E-state index is 11.7. The van der Waals surface area contributed by atoms with Gasteiger partial charge in [-0.15, -0.1) is 0 Å². The van der Waals surface area contributed by atoms with Crippen molar-refractivity contribution in [2.75, 3.05) is 56.9 Å². The maximum Gasteiger partial charge on any atom is 0.310 e. The molecule has 0 aliphatic carbocycles. The predicted molar refractivity (Wildman–Crippen MR) is 129 cm³/mol. The Morgan fingerprint density at radius 2 is 0.475 bits per heavy atom. The molecule has 16 heteroatoms. The van der Waals surface area contributed by atoms with E-state index in [2.05, 4.69) is 37.9 Å². The van der Waals surface area contributed by atoms with E-state index in [1.54, 1.807) is 0 Å². The normalized spacial score (nSPS) is 12.8. The summed E-state index contributed by atoms with van der Waals surface area (Å²) in [6, 6.07) is 0. The van der Waals surface area contributed by atoms with Crippen molar-refractivity contribution in [1.29, 1.82) is 0 Å². The van der Waals surface area contributed by atoms with Gasteiger partial charge in [-0.25, -0.2) is 0 Å². The second-order valence-electron chi connectivity index (χ2n) is 7.64. The highest BCUT2D eigenvalue weighted by Gasteiger charge is 2.40. The molecule has 228 valence electrons. The van der Waals surface area contributed by atoms with Crippen LogP contribution in [0.4, 0.5) is 0 Å². The zero-order chi connectivity index (χ0) is 31.4. The minimum Gasteiger partial charge on any atom is -0.469 e. The summed E-state index contributed by atoms with van der Waals surface area (Å²) < 4.78 is 36.0. The molecule has 0 spiro atoms. The first-order valence-corrected chi connectivity index (χ1v) is 11.4. The van der Waals surface area contributed by atoms with Gasteiger partial charge in [0.05, 0.1) is 106 Å². The fourth-order valence-electron chi connectivity index (χ4n) is 3.22. The molecule has 0 saturated carbocycles. The van der Waals surface area contributed by atoms with Crippen LogP contribution in [-0.2, 0) is 76.3 Å². The average molecular weight is 581 g/mol. The van der Waals surface area contributed by atoms with E-state index < -0.39 is 97.1 Å². The van der Waals surface area contributed by atoms with Crippen LogP contribution >= 0.6 is 0 Å². The van der Waals surface area contributed by atoms with Crippen LogP contribution in [0.15, 0.2) is 0 Å². The molecule has 0 aromatic rings. The second-order valence-corrected chi connectivity index (χ2v) is 7.64. The highest BCUT2D eigenvalue weighted by Crippen LogP contribution is 2.25. The first kappa shape index (κ1) is 37.9. The summed E-state index contributed by atoms with van der Waals surface area (Å²) in [4.78, 5) is 92.1. The number of hydrogen-bond acceptors (Lipinski definition) is 16. The summed E-state index contributed by atoms with van der Waals surface area (Å²) in [5.74, 6) is -10.8. The van der Waals surface area contributed by atoms with Crippen molar-refractivity contribution in [2.45, 2.75) is 25.7 Å². The Balaban J connectivity index is 0. The molecule has 0 aromatic carbocycles. The third kappa shape index (κ3) is 13.5. The Morgan fingerprint density at radius 3 is 0.575 bits per heavy atom. The van der Waals surface area contributed by atoms with Gasteiger partial charge in [0.15, 0.2) is 0 Å². The molecule has 0 aromatic heterocycles. The lowest BCUT2D eigenvalue weighted by Crippen LogP contribution is -2.35. The van der Waals surface area contributed by atoms with Crippen LogP contribution in [0.1, 0.15) is 25.7 Å². The molecule has 0 fully saturated rings. The van der Waals surface area contributed by atoms with Crippen LogP contribution in [0.3, 0.4) is 0 Å². The van der Waals surface area contributed by atoms with E-state index in [0.29, 0.717) is 0 Å². The molecule has 0 radical (unpaired) electrons. The molecule has 0 rings (SSSR count). The van der Waals surface area contributed by atoms with Crippen LogP contribution in [0.25, 0.3) is 0 Å². The number of hydrogen-bond donors (Lipinski definition) is 0. The smallest absolute Gasteiger partial charge is 0.310 e. The van der Waals surface area contributed by atoms with Gasteiger partial charge in [-0.1, -0.05) is 0 Å². The summed E-state index contributed by atoms with van der Waals surface area (Å²) in [5.41, 5.74) is 0. The van der Waals surface area contributed by atoms with Crippen molar-refractivity contribution in [3.63, 3.8) is 0 Å². The molecule has 40 heavy (non-hydrogen) atoms. The molecule has 0 amide bonds. The number of carbonyl (C=O) groups is 8. The molecule has 0 bridgehead atoms. The van der Waals surface area contributed by atoms with Crippen LogP contribution < -0.4 is 0 Å². The van der Waals surface area contributed by atoms with E-state index >= 15 is 0 Å². The van der Waals surface area contributed by atoms with Crippen LogP contribution in [0, 0.1) is 23.7 Å². The molecule has 4 atom stereocenters. The lowest BCUT2D eigenvalue weighted by Gasteiger charge is -2.21. The Kier molecular flexibility index (Phi) is 19.6. The molecule has 0 heterocycles. The largest absolute Gasteiger partial charge is 0.469 e. The van der Waals surface area contributed by atoms with E-state index in [4.69, 9.17) is 0 Å². The topological polar surface area (TPSA) is 210 Å². The van der Waals surface area contributed by atoms with Gasteiger partial charge < -0.3 is 37.9 Å². The van der Waals surface area contributed by atoms with Crippen LogP contribution in [0.2, 0.25) is 0 Å². The van der Waals surface area contributed by atoms with E-state index in [9.17, 15) is 38.4 Å². The monoisotopic (exact) mass is 580 g/mol. The highest BCUT2D eigenvalue weighted by atomic mass is 16.6. The van der Waals surface area contributed by atoms with Crippen molar-refractivity contribution in [3.05, 3.63) is 0 Å². The highest BCUT2D eigenvalue weighted by molar-refractivity contribution is 5.89. The predicted octanol–water partition coefficient (Wildman–Crippen LogP) is -0.618. The third-order valence-electron chi connectivity index (χ3n) is 5.44. The van der Waals surface area contributed by atoms with Gasteiger partial charge in [0.25, 0.3) is 0 Å². The van der Waals surface area contributed by atoms with Crippen molar-refractivity contribution in [3.8, 4) is 0 Å². The van der Waals surface area contributed by atoms with Crippen LogP contribution in [-0.4, -0.2) is 105 Å². The minimum atomic E-state index is -1.18. The summed E-state index contributed by atoms with van der Waals surface area (Å²) in [6.07, 6.45) is -1.61. The Morgan fingerprint density at radius 1 is 0.325 bits per heavy atom. The molecule has 4 unspecified atom stereocenters. The van der Waals surface area contributed by atoms with Gasteiger partial charge in [0.1, 0.15) is 0 Å². The van der Waals surface area contributed by atoms with Gasteiger partial charge in [-0.2, -0.15) is 0 Å². The van der Waals surface area contributed by atoms with Crippen molar-refractivity contribution in [2.24, 2.45) is 23.7 Å². The average Bonchev–Trinajstić information content (AvgIpc) is 2.98. The molecule has 0 N–H and O–H groups in total. The van der Waals surface area contributed by atoms with E-state index in [-0.39, 0.29) is 0 Å². The zero-order valence-corrected chi connectivity index (χ0v) is 23.7. The summed E-state index contributed by atoms with van der Waals surface area (Å²) in [7, 11) is 9.01. The number of ether oxygens (including phenoxy) is 8. The zero-order valence-electron chi connectivity index (χ0n) is 23.7. The number of methoxy groups -OCH3 is 8. The molecule has 0 aliphatic rings. The number of rotatable bonds is 14. The van der Waals surface area contributed by atoms with E-state index in [1.807, 2.05) is 0 Å². The Bertz CT molecular complexity index is 751. The van der Waals surface area contributed by atoms with Gasteiger partial charge in [-0.3, -0.25) is 38.4 Å². The molecular weight excluding hydrogens is 544 g/mol. The fraction of sp³-hybridized carbons (Fsp3) is 0.667. The Labute approximate surface area is 230 Å². The maximum atomic E-state index is 11.7. The van der Waals surface area contributed by atoms with Gasteiger partial charge >= 0.3 is 47.8 Å². The minimum absolute atomic E-state index is 0.403. The first-order chi connectivity index (χ1) is 18.8. The molecular formula is C24H36O16. The summed E-state index contributed by atoms with van der Waals surface area (Å²) in [6.45, 7) is 0. The summed E-state index contributed by atoms with van der Waals surface area (Å²) in [5, 5.41) is 0. The molecule has 0 saturated heterocycles. The molecule has 16 nitrogen and oxygen atoms in total. The summed E-state index contributed by atoms with van der Waals surface area (Å²) >= 11 is 0. The lowest BCUT2D eigenvalue weighted by atomic mass is 9.86. The quantitative estimate of drug-likeness (QED) is 0.185. The van der Waals surface area contributed by atoms with Gasteiger partial charge in [0, 0.05) is 0 Å².